The number of aromatic nitrogens is 2. The maximum Gasteiger partial charge on any atom is 0.256 e. The van der Waals surface area contributed by atoms with Gasteiger partial charge in [-0.1, -0.05) is 31.5 Å². The fraction of sp³-hybridized carbons (Fsp3) is 0.286. The Morgan fingerprint density at radius 2 is 2.05 bits per heavy atom. The largest absolute Gasteiger partial charge is 0.486 e. The molecule has 0 unspecified atom stereocenters. The van der Waals surface area contributed by atoms with Crippen molar-refractivity contribution in [2.24, 2.45) is 0 Å². The summed E-state index contributed by atoms with van der Waals surface area (Å²) in [5.41, 5.74) is 6.16. The van der Waals surface area contributed by atoms with Crippen LogP contribution in [-0.2, 0) is 13.0 Å². The zero-order valence-electron chi connectivity index (χ0n) is 10.8. The minimum atomic E-state index is -0.180. The molecule has 0 bridgehead atoms. The Hall–Kier alpha value is -2.30. The minimum Gasteiger partial charge on any atom is -0.486 e. The lowest BCUT2D eigenvalue weighted by atomic mass is 10.2. The third kappa shape index (κ3) is 3.34. The summed E-state index contributed by atoms with van der Waals surface area (Å²) < 4.78 is 5.51. The predicted molar refractivity (Wildman–Crippen MR) is 74.0 cm³/mol. The van der Waals surface area contributed by atoms with E-state index in [2.05, 4.69) is 9.97 Å². The molecule has 0 fully saturated rings. The lowest BCUT2D eigenvalue weighted by Gasteiger charge is -2.08. The second-order valence-electron chi connectivity index (χ2n) is 4.23. The predicted octanol–water partition coefficient (Wildman–Crippen LogP) is 1.88. The number of nitrogens with one attached hydrogen (secondary N) is 1. The zero-order valence-corrected chi connectivity index (χ0v) is 10.8. The second-order valence-corrected chi connectivity index (χ2v) is 4.23. The number of anilines is 1. The zero-order chi connectivity index (χ0) is 13.7. The number of aromatic amines is 1. The van der Waals surface area contributed by atoms with Crippen LogP contribution in [0.3, 0.4) is 0 Å². The molecule has 1 aromatic heterocycles. The first kappa shape index (κ1) is 13.1. The van der Waals surface area contributed by atoms with Gasteiger partial charge in [0, 0.05) is 0 Å². The molecule has 0 saturated heterocycles. The number of benzene rings is 1. The molecular formula is C14H17N3O2. The average Bonchev–Trinajstić information content (AvgIpc) is 2.42. The van der Waals surface area contributed by atoms with E-state index in [1.165, 1.54) is 0 Å². The molecule has 0 aliphatic heterocycles. The molecular weight excluding hydrogens is 242 g/mol. The Kier molecular flexibility index (Phi) is 4.18. The van der Waals surface area contributed by atoms with Crippen LogP contribution in [0.2, 0.25) is 0 Å². The van der Waals surface area contributed by atoms with Gasteiger partial charge in [-0.15, -0.1) is 0 Å². The van der Waals surface area contributed by atoms with Gasteiger partial charge in [0.05, 0.1) is 5.56 Å². The van der Waals surface area contributed by atoms with Gasteiger partial charge in [-0.05, 0) is 18.6 Å². The molecule has 5 nitrogen and oxygen atoms in total. The van der Waals surface area contributed by atoms with Gasteiger partial charge in [0.2, 0.25) is 0 Å². The summed E-state index contributed by atoms with van der Waals surface area (Å²) in [6.45, 7) is 2.18. The van der Waals surface area contributed by atoms with Crippen molar-refractivity contribution in [1.29, 1.82) is 0 Å². The Labute approximate surface area is 111 Å². The number of nitrogens with zero attached hydrogens (tertiary/aromatic N) is 1. The molecule has 0 aliphatic carbocycles. The standard InChI is InChI=1S/C14H17N3O2/c1-2-6-11-13(15)16-12(17-14(11)18)9-19-10-7-4-3-5-8-10/h3-5,7-8H,2,6,9H2,1H3,(H3,15,16,17,18). The van der Waals surface area contributed by atoms with Gasteiger partial charge >= 0.3 is 0 Å². The van der Waals surface area contributed by atoms with E-state index >= 15 is 0 Å². The van der Waals surface area contributed by atoms with Crippen LogP contribution in [-0.4, -0.2) is 9.97 Å². The van der Waals surface area contributed by atoms with Crippen LogP contribution in [0.5, 0.6) is 5.75 Å². The van der Waals surface area contributed by atoms with E-state index in [4.69, 9.17) is 10.5 Å². The van der Waals surface area contributed by atoms with Crippen LogP contribution in [0.4, 0.5) is 5.82 Å². The summed E-state index contributed by atoms with van der Waals surface area (Å²) in [5, 5.41) is 0. The van der Waals surface area contributed by atoms with Crippen LogP contribution in [0.15, 0.2) is 35.1 Å². The lowest BCUT2D eigenvalue weighted by Crippen LogP contribution is -2.20. The number of hydrogen-bond donors (Lipinski definition) is 2. The number of hydrogen-bond acceptors (Lipinski definition) is 4. The Morgan fingerprint density at radius 1 is 1.32 bits per heavy atom. The van der Waals surface area contributed by atoms with Gasteiger partial charge in [-0.2, -0.15) is 0 Å². The molecule has 1 heterocycles. The van der Waals surface area contributed by atoms with Gasteiger partial charge in [-0.25, -0.2) is 4.98 Å². The first-order chi connectivity index (χ1) is 9.20. The number of H-pyrrole nitrogens is 1. The van der Waals surface area contributed by atoms with E-state index in [-0.39, 0.29) is 18.0 Å². The van der Waals surface area contributed by atoms with Crippen LogP contribution in [0, 0.1) is 0 Å². The Balaban J connectivity index is 2.12. The highest BCUT2D eigenvalue weighted by Gasteiger charge is 2.08. The number of ether oxygens (including phenoxy) is 1. The third-order valence-corrected chi connectivity index (χ3v) is 2.72. The summed E-state index contributed by atoms with van der Waals surface area (Å²) in [5.74, 6) is 1.45. The van der Waals surface area contributed by atoms with Crippen LogP contribution >= 0.6 is 0 Å². The molecule has 5 heteroatoms. The molecule has 0 atom stereocenters. The van der Waals surface area contributed by atoms with Gasteiger partial charge < -0.3 is 15.5 Å². The van der Waals surface area contributed by atoms with E-state index < -0.39 is 0 Å². The van der Waals surface area contributed by atoms with Gasteiger partial charge in [0.15, 0.2) is 0 Å². The molecule has 3 N–H and O–H groups in total. The molecule has 2 rings (SSSR count). The van der Waals surface area contributed by atoms with E-state index in [0.717, 1.165) is 12.2 Å². The molecule has 0 spiro atoms. The molecule has 0 radical (unpaired) electrons. The summed E-state index contributed by atoms with van der Waals surface area (Å²) in [4.78, 5) is 18.7. The molecule has 100 valence electrons. The van der Waals surface area contributed by atoms with Gasteiger partial charge in [-0.3, -0.25) is 4.79 Å². The fourth-order valence-electron chi connectivity index (χ4n) is 1.79. The summed E-state index contributed by atoms with van der Waals surface area (Å²) in [6.07, 6.45) is 1.49. The average molecular weight is 259 g/mol. The van der Waals surface area contributed by atoms with Crippen LogP contribution in [0.25, 0.3) is 0 Å². The Morgan fingerprint density at radius 3 is 2.68 bits per heavy atom. The first-order valence-corrected chi connectivity index (χ1v) is 6.26. The quantitative estimate of drug-likeness (QED) is 0.859. The highest BCUT2D eigenvalue weighted by Crippen LogP contribution is 2.11. The molecule has 2 aromatic rings. The van der Waals surface area contributed by atoms with Crippen molar-refractivity contribution in [2.45, 2.75) is 26.4 Å². The maximum absolute atomic E-state index is 11.8. The Bertz CT molecular complexity index is 593. The topological polar surface area (TPSA) is 81.0 Å². The lowest BCUT2D eigenvalue weighted by molar-refractivity contribution is 0.295. The number of nitrogen functional groups attached to an aromatic ring is 1. The van der Waals surface area contributed by atoms with Crippen LogP contribution < -0.4 is 16.0 Å². The van der Waals surface area contributed by atoms with Crippen molar-refractivity contribution in [3.8, 4) is 5.75 Å². The third-order valence-electron chi connectivity index (χ3n) is 2.72. The summed E-state index contributed by atoms with van der Waals surface area (Å²) in [6, 6.07) is 9.35. The van der Waals surface area contributed by atoms with E-state index in [9.17, 15) is 4.79 Å². The van der Waals surface area contributed by atoms with Crippen molar-refractivity contribution in [1.82, 2.24) is 9.97 Å². The van der Waals surface area contributed by atoms with Gasteiger partial charge in [0.25, 0.3) is 5.56 Å². The monoisotopic (exact) mass is 259 g/mol. The fourth-order valence-corrected chi connectivity index (χ4v) is 1.79. The van der Waals surface area contributed by atoms with Crippen molar-refractivity contribution in [2.75, 3.05) is 5.73 Å². The summed E-state index contributed by atoms with van der Waals surface area (Å²) in [7, 11) is 0. The highest BCUT2D eigenvalue weighted by molar-refractivity contribution is 5.37. The molecule has 19 heavy (non-hydrogen) atoms. The van der Waals surface area contributed by atoms with E-state index in [1.54, 1.807) is 0 Å². The summed E-state index contributed by atoms with van der Waals surface area (Å²) >= 11 is 0. The van der Waals surface area contributed by atoms with E-state index in [0.29, 0.717) is 17.8 Å². The molecule has 0 amide bonds. The van der Waals surface area contributed by atoms with E-state index in [1.807, 2.05) is 37.3 Å². The number of nitrogens with two attached hydrogens (primary N) is 1. The first-order valence-electron chi connectivity index (χ1n) is 6.26. The second kappa shape index (κ2) is 6.04. The number of rotatable bonds is 5. The van der Waals surface area contributed by atoms with Crippen molar-refractivity contribution in [3.05, 3.63) is 52.1 Å². The normalized spacial score (nSPS) is 10.4. The minimum absolute atomic E-state index is 0.180. The van der Waals surface area contributed by atoms with Crippen molar-refractivity contribution >= 4 is 5.82 Å². The molecule has 0 aliphatic rings. The highest BCUT2D eigenvalue weighted by atomic mass is 16.5. The van der Waals surface area contributed by atoms with Crippen LogP contribution in [0.1, 0.15) is 24.7 Å². The SMILES string of the molecule is CCCc1c(N)nc(COc2ccccc2)[nH]c1=O. The van der Waals surface area contributed by atoms with Gasteiger partial charge in [0.1, 0.15) is 24.0 Å². The van der Waals surface area contributed by atoms with Crippen molar-refractivity contribution in [3.63, 3.8) is 0 Å². The number of para-hydroxylation sites is 1. The molecule has 1 aromatic carbocycles. The maximum atomic E-state index is 11.8. The molecule has 0 saturated carbocycles. The van der Waals surface area contributed by atoms with Crippen molar-refractivity contribution < 1.29 is 4.74 Å². The smallest absolute Gasteiger partial charge is 0.256 e.